The van der Waals surface area contributed by atoms with Crippen LogP contribution in [0.25, 0.3) is 0 Å². The average molecular weight is 270 g/mol. The maximum Gasteiger partial charge on any atom is 0.0245 e. The van der Waals surface area contributed by atoms with Crippen molar-refractivity contribution in [3.63, 3.8) is 0 Å². The zero-order valence-electron chi connectivity index (χ0n) is 7.10. The SMILES string of the molecule is CCCC#Cc1ccc(I)cc1. The highest BCUT2D eigenvalue weighted by molar-refractivity contribution is 14.1. The van der Waals surface area contributed by atoms with Gasteiger partial charge in [0.2, 0.25) is 0 Å². The van der Waals surface area contributed by atoms with Gasteiger partial charge in [-0.05, 0) is 53.3 Å². The molecule has 0 N–H and O–H groups in total. The van der Waals surface area contributed by atoms with Crippen LogP contribution < -0.4 is 0 Å². The molecule has 0 spiro atoms. The van der Waals surface area contributed by atoms with Crippen molar-refractivity contribution >= 4 is 22.6 Å². The van der Waals surface area contributed by atoms with Crippen LogP contribution in [0.2, 0.25) is 0 Å². The third kappa shape index (κ3) is 3.27. The van der Waals surface area contributed by atoms with Crippen LogP contribution in [-0.4, -0.2) is 0 Å². The molecule has 1 rings (SSSR count). The van der Waals surface area contributed by atoms with Gasteiger partial charge in [-0.25, -0.2) is 0 Å². The molecule has 0 aliphatic carbocycles. The van der Waals surface area contributed by atoms with Gasteiger partial charge in [-0.15, -0.1) is 0 Å². The molecule has 0 aromatic heterocycles. The minimum absolute atomic E-state index is 0.992. The Morgan fingerprint density at radius 1 is 1.25 bits per heavy atom. The van der Waals surface area contributed by atoms with Crippen LogP contribution in [0.3, 0.4) is 0 Å². The van der Waals surface area contributed by atoms with Crippen LogP contribution >= 0.6 is 22.6 Å². The fraction of sp³-hybridized carbons (Fsp3) is 0.273. The second-order valence-corrected chi connectivity index (χ2v) is 3.80. The molecule has 62 valence electrons. The molecule has 0 nitrogen and oxygen atoms in total. The molecule has 0 fully saturated rings. The normalized spacial score (nSPS) is 8.83. The largest absolute Gasteiger partial charge is 0.0979 e. The monoisotopic (exact) mass is 270 g/mol. The fourth-order valence-corrected chi connectivity index (χ4v) is 1.18. The first-order valence-corrected chi connectivity index (χ1v) is 5.15. The first-order chi connectivity index (χ1) is 5.83. The van der Waals surface area contributed by atoms with Gasteiger partial charge in [0.05, 0.1) is 0 Å². The molecular formula is C11H11I. The molecule has 12 heavy (non-hydrogen) atoms. The first kappa shape index (κ1) is 9.60. The van der Waals surface area contributed by atoms with Crippen LogP contribution in [0.5, 0.6) is 0 Å². The van der Waals surface area contributed by atoms with E-state index in [4.69, 9.17) is 0 Å². The molecule has 0 atom stereocenters. The van der Waals surface area contributed by atoms with Gasteiger partial charge in [-0.3, -0.25) is 0 Å². The Bertz CT molecular complexity index is 287. The van der Waals surface area contributed by atoms with Crippen molar-refractivity contribution in [1.29, 1.82) is 0 Å². The molecule has 1 aromatic carbocycles. The maximum atomic E-state index is 3.12. The molecule has 1 heteroatoms. The predicted octanol–water partition coefficient (Wildman–Crippen LogP) is 3.44. The van der Waals surface area contributed by atoms with Crippen LogP contribution in [0.4, 0.5) is 0 Å². The summed E-state index contributed by atoms with van der Waals surface area (Å²) in [4.78, 5) is 0. The van der Waals surface area contributed by atoms with Gasteiger partial charge >= 0.3 is 0 Å². The van der Waals surface area contributed by atoms with Gasteiger partial charge in [0.25, 0.3) is 0 Å². The molecule has 0 aliphatic heterocycles. The number of rotatable bonds is 1. The molecule has 0 bridgehead atoms. The minimum Gasteiger partial charge on any atom is -0.0979 e. The fourth-order valence-electron chi connectivity index (χ4n) is 0.823. The molecule has 1 aromatic rings. The van der Waals surface area contributed by atoms with Crippen LogP contribution in [0.1, 0.15) is 25.3 Å². The average Bonchev–Trinajstić information content (AvgIpc) is 2.09. The lowest BCUT2D eigenvalue weighted by Crippen LogP contribution is -1.74. The lowest BCUT2D eigenvalue weighted by molar-refractivity contribution is 0.983. The van der Waals surface area contributed by atoms with Crippen LogP contribution in [-0.2, 0) is 0 Å². The molecule has 0 amide bonds. The minimum atomic E-state index is 0.992. The second kappa shape index (κ2) is 5.21. The van der Waals surface area contributed by atoms with Crippen molar-refractivity contribution in [2.45, 2.75) is 19.8 Å². The highest BCUT2D eigenvalue weighted by Crippen LogP contribution is 2.05. The van der Waals surface area contributed by atoms with Crippen molar-refractivity contribution in [1.82, 2.24) is 0 Å². The number of hydrogen-bond donors (Lipinski definition) is 0. The molecule has 0 radical (unpaired) electrons. The van der Waals surface area contributed by atoms with Gasteiger partial charge in [0, 0.05) is 15.6 Å². The van der Waals surface area contributed by atoms with Gasteiger partial charge in [0.15, 0.2) is 0 Å². The Hall–Kier alpha value is -0.490. The third-order valence-electron chi connectivity index (χ3n) is 1.45. The smallest absolute Gasteiger partial charge is 0.0245 e. The summed E-state index contributed by atoms with van der Waals surface area (Å²) in [6.07, 6.45) is 2.13. The molecule has 0 saturated carbocycles. The van der Waals surface area contributed by atoms with E-state index < -0.39 is 0 Å². The van der Waals surface area contributed by atoms with Crippen molar-refractivity contribution in [2.24, 2.45) is 0 Å². The summed E-state index contributed by atoms with van der Waals surface area (Å²) in [5.41, 5.74) is 1.11. The zero-order valence-corrected chi connectivity index (χ0v) is 9.26. The molecule has 0 heterocycles. The Labute approximate surface area is 87.5 Å². The Kier molecular flexibility index (Phi) is 4.16. The predicted molar refractivity (Wildman–Crippen MR) is 60.9 cm³/mol. The standard InChI is InChI=1S/C11H11I/c1-2-3-4-5-10-6-8-11(12)9-7-10/h6-9H,2-3H2,1H3. The summed E-state index contributed by atoms with van der Waals surface area (Å²) >= 11 is 2.29. The highest BCUT2D eigenvalue weighted by Gasteiger charge is 1.85. The Balaban J connectivity index is 2.66. The zero-order chi connectivity index (χ0) is 8.81. The number of benzene rings is 1. The maximum absolute atomic E-state index is 3.12. The Morgan fingerprint density at radius 3 is 2.50 bits per heavy atom. The van der Waals surface area contributed by atoms with E-state index in [2.05, 4.69) is 65.6 Å². The molecule has 0 unspecified atom stereocenters. The van der Waals surface area contributed by atoms with Gasteiger partial charge < -0.3 is 0 Å². The van der Waals surface area contributed by atoms with Gasteiger partial charge in [0.1, 0.15) is 0 Å². The molecule has 0 aliphatic rings. The van der Waals surface area contributed by atoms with E-state index >= 15 is 0 Å². The van der Waals surface area contributed by atoms with Crippen molar-refractivity contribution < 1.29 is 0 Å². The van der Waals surface area contributed by atoms with E-state index in [1.54, 1.807) is 0 Å². The number of unbranched alkanes of at least 4 members (excludes halogenated alkanes) is 1. The highest BCUT2D eigenvalue weighted by atomic mass is 127. The summed E-state index contributed by atoms with van der Waals surface area (Å²) in [5, 5.41) is 0. The van der Waals surface area contributed by atoms with Gasteiger partial charge in [-0.2, -0.15) is 0 Å². The van der Waals surface area contributed by atoms with E-state index in [-0.39, 0.29) is 0 Å². The van der Waals surface area contributed by atoms with Crippen molar-refractivity contribution in [3.8, 4) is 11.8 Å². The quantitative estimate of drug-likeness (QED) is 0.541. The Morgan fingerprint density at radius 2 is 1.92 bits per heavy atom. The molecular weight excluding hydrogens is 259 g/mol. The topological polar surface area (TPSA) is 0 Å². The number of halogens is 1. The summed E-state index contributed by atoms with van der Waals surface area (Å²) < 4.78 is 1.26. The van der Waals surface area contributed by atoms with Crippen molar-refractivity contribution in [2.75, 3.05) is 0 Å². The lowest BCUT2D eigenvalue weighted by Gasteiger charge is -1.89. The van der Waals surface area contributed by atoms with E-state index in [9.17, 15) is 0 Å². The van der Waals surface area contributed by atoms with Crippen LogP contribution in [0.15, 0.2) is 24.3 Å². The lowest BCUT2D eigenvalue weighted by atomic mass is 10.2. The summed E-state index contributed by atoms with van der Waals surface area (Å²) in [6.45, 7) is 2.14. The number of hydrogen-bond acceptors (Lipinski definition) is 0. The van der Waals surface area contributed by atoms with Gasteiger partial charge in [-0.1, -0.05) is 18.8 Å². The summed E-state index contributed by atoms with van der Waals surface area (Å²) in [6, 6.07) is 8.28. The van der Waals surface area contributed by atoms with E-state index in [1.165, 1.54) is 3.57 Å². The first-order valence-electron chi connectivity index (χ1n) is 4.07. The van der Waals surface area contributed by atoms with E-state index in [0.717, 1.165) is 18.4 Å². The second-order valence-electron chi connectivity index (χ2n) is 2.56. The van der Waals surface area contributed by atoms with E-state index in [0.29, 0.717) is 0 Å². The summed E-state index contributed by atoms with van der Waals surface area (Å²) in [5.74, 6) is 6.24. The summed E-state index contributed by atoms with van der Waals surface area (Å²) in [7, 11) is 0. The van der Waals surface area contributed by atoms with Crippen molar-refractivity contribution in [3.05, 3.63) is 33.4 Å². The third-order valence-corrected chi connectivity index (χ3v) is 2.17. The van der Waals surface area contributed by atoms with E-state index in [1.807, 2.05) is 0 Å². The molecule has 0 saturated heterocycles. The van der Waals surface area contributed by atoms with Crippen LogP contribution in [0, 0.1) is 15.4 Å².